The van der Waals surface area contributed by atoms with Crippen molar-refractivity contribution in [3.05, 3.63) is 0 Å². The second-order valence-electron chi connectivity index (χ2n) is 2.12. The first kappa shape index (κ1) is 17.5. The van der Waals surface area contributed by atoms with Crippen LogP contribution in [0.3, 0.4) is 0 Å². The van der Waals surface area contributed by atoms with E-state index in [0.29, 0.717) is 27.4 Å². The van der Waals surface area contributed by atoms with Crippen LogP contribution in [0.2, 0.25) is 0 Å². The van der Waals surface area contributed by atoms with Gasteiger partial charge in [0.05, 0.1) is 5.75 Å². The van der Waals surface area contributed by atoms with Gasteiger partial charge in [0.1, 0.15) is 27.3 Å². The third-order valence-corrected chi connectivity index (χ3v) is 5.20. The molecule has 0 aromatic rings. The first-order chi connectivity index (χ1) is 5.55. The zero-order valence-electron chi connectivity index (χ0n) is 7.44. The second-order valence-corrected chi connectivity index (χ2v) is 5.92. The molecular weight excluding hydrogens is 271 g/mol. The molecule has 0 amide bonds. The van der Waals surface area contributed by atoms with Crippen molar-refractivity contribution in [3.8, 4) is 0 Å². The Kier molecular flexibility index (Phi) is 12.6. The molecule has 0 aliphatic rings. The molecular formula is C3H15KO5SSi3. The monoisotopic (exact) mass is 286 g/mol. The van der Waals surface area contributed by atoms with Crippen LogP contribution in [0.5, 0.6) is 0 Å². The molecule has 0 bridgehead atoms. The Bertz CT molecular complexity index is 205. The summed E-state index contributed by atoms with van der Waals surface area (Å²) in [6.45, 7) is 0. The maximum absolute atomic E-state index is 10.9. The van der Waals surface area contributed by atoms with E-state index in [0.717, 1.165) is 0 Å². The molecule has 0 unspecified atom stereocenters. The van der Waals surface area contributed by atoms with Crippen LogP contribution in [0.15, 0.2) is 0 Å². The summed E-state index contributed by atoms with van der Waals surface area (Å²) in [5, 5.41) is 0. The standard InChI is InChI=1S/C3H14O5SSi3.K.H/c4-9(5,8-12)2-1-3(6-10)7-11;;/h3H,1-2H2,10-12H3;;. The minimum absolute atomic E-state index is 0. The quantitative estimate of drug-likeness (QED) is 0.363. The molecule has 0 rings (SSSR count). The van der Waals surface area contributed by atoms with Crippen LogP contribution in [-0.2, 0) is 22.8 Å². The van der Waals surface area contributed by atoms with E-state index in [1.165, 1.54) is 0 Å². The molecule has 0 aromatic carbocycles. The molecule has 0 radical (unpaired) electrons. The van der Waals surface area contributed by atoms with Crippen LogP contribution >= 0.6 is 0 Å². The van der Waals surface area contributed by atoms with E-state index < -0.39 is 10.1 Å². The van der Waals surface area contributed by atoms with Crippen LogP contribution < -0.4 is 0 Å². The molecule has 0 spiro atoms. The summed E-state index contributed by atoms with van der Waals surface area (Å²) >= 11 is 0. The Morgan fingerprint density at radius 2 is 1.62 bits per heavy atom. The number of rotatable bonds is 6. The van der Waals surface area contributed by atoms with E-state index in [9.17, 15) is 8.42 Å². The molecule has 5 nitrogen and oxygen atoms in total. The van der Waals surface area contributed by atoms with E-state index in [4.69, 9.17) is 8.85 Å². The molecule has 13 heavy (non-hydrogen) atoms. The van der Waals surface area contributed by atoms with Crippen molar-refractivity contribution in [3.63, 3.8) is 0 Å². The van der Waals surface area contributed by atoms with E-state index in [1.807, 2.05) is 0 Å². The summed E-state index contributed by atoms with van der Waals surface area (Å²) in [7, 11) is -1.98. The Labute approximate surface area is 130 Å². The molecule has 0 N–H and O–H groups in total. The van der Waals surface area contributed by atoms with E-state index in [-0.39, 0.29) is 73.9 Å². The summed E-state index contributed by atoms with van der Waals surface area (Å²) in [6.07, 6.45) is 0.00678. The van der Waals surface area contributed by atoms with Crippen LogP contribution in [0.1, 0.15) is 6.42 Å². The van der Waals surface area contributed by atoms with Crippen LogP contribution in [0.25, 0.3) is 0 Å². The number of hydrogen-bond donors (Lipinski definition) is 0. The van der Waals surface area contributed by atoms with Gasteiger partial charge in [0, 0.05) is 6.42 Å². The van der Waals surface area contributed by atoms with Crippen molar-refractivity contribution in [2.45, 2.75) is 12.7 Å². The fourth-order valence-electron chi connectivity index (χ4n) is 0.656. The molecule has 0 saturated carbocycles. The van der Waals surface area contributed by atoms with Crippen molar-refractivity contribution < 1.29 is 21.1 Å². The van der Waals surface area contributed by atoms with Crippen LogP contribution in [-0.4, -0.2) is 103 Å². The first-order valence-corrected chi connectivity index (χ1v) is 7.42. The molecule has 10 heteroatoms. The van der Waals surface area contributed by atoms with Gasteiger partial charge in [0.25, 0.3) is 10.1 Å². The van der Waals surface area contributed by atoms with Gasteiger partial charge in [-0.15, -0.1) is 0 Å². The Morgan fingerprint density at radius 3 is 1.92 bits per heavy atom. The van der Waals surface area contributed by atoms with E-state index in [2.05, 4.69) is 3.87 Å². The average molecular weight is 287 g/mol. The Balaban J connectivity index is 0. The molecule has 0 aromatic heterocycles. The topological polar surface area (TPSA) is 61.8 Å². The van der Waals surface area contributed by atoms with Crippen molar-refractivity contribution >= 4 is 93.0 Å². The molecule has 76 valence electrons. The molecule has 0 atom stereocenters. The minimum atomic E-state index is -3.30. The molecule has 0 heterocycles. The van der Waals surface area contributed by atoms with Gasteiger partial charge < -0.3 is 12.7 Å². The summed E-state index contributed by atoms with van der Waals surface area (Å²) in [4.78, 5) is 0. The zero-order valence-corrected chi connectivity index (χ0v) is 14.3. The fourth-order valence-corrected chi connectivity index (χ4v) is 3.04. The third kappa shape index (κ3) is 9.07. The van der Waals surface area contributed by atoms with Gasteiger partial charge in [-0.05, 0) is 0 Å². The van der Waals surface area contributed by atoms with Gasteiger partial charge in [0.2, 0.25) is 0 Å². The van der Waals surface area contributed by atoms with Crippen molar-refractivity contribution in [2.75, 3.05) is 5.75 Å². The molecule has 0 aliphatic heterocycles. The van der Waals surface area contributed by atoms with Gasteiger partial charge >= 0.3 is 51.4 Å². The van der Waals surface area contributed by atoms with Crippen LogP contribution in [0.4, 0.5) is 0 Å². The SMILES string of the molecule is O=S(=O)(CCC(O[SiH3])O[SiH3])O[SiH3].[KH]. The maximum atomic E-state index is 10.9. The third-order valence-electron chi connectivity index (χ3n) is 1.38. The first-order valence-electron chi connectivity index (χ1n) is 3.39. The van der Waals surface area contributed by atoms with Crippen molar-refractivity contribution in [2.24, 2.45) is 0 Å². The second kappa shape index (κ2) is 9.35. The van der Waals surface area contributed by atoms with Gasteiger partial charge in [0.15, 0.2) is 10.5 Å². The van der Waals surface area contributed by atoms with Gasteiger partial charge in [-0.2, -0.15) is 0 Å². The zero-order chi connectivity index (χ0) is 9.61. The number of hydrogen-bond acceptors (Lipinski definition) is 5. The molecule has 0 aliphatic carbocycles. The molecule has 0 saturated heterocycles. The summed E-state index contributed by atoms with van der Waals surface area (Å²) < 4.78 is 36.1. The predicted octanol–water partition coefficient (Wildman–Crippen LogP) is -4.73. The predicted molar refractivity (Wildman–Crippen MR) is 62.4 cm³/mol. The van der Waals surface area contributed by atoms with Gasteiger partial charge in [-0.1, -0.05) is 0 Å². The fraction of sp³-hybridized carbons (Fsp3) is 1.00. The van der Waals surface area contributed by atoms with Crippen molar-refractivity contribution in [1.29, 1.82) is 0 Å². The Morgan fingerprint density at radius 1 is 1.15 bits per heavy atom. The van der Waals surface area contributed by atoms with Crippen LogP contribution in [0, 0.1) is 0 Å². The Hall–Kier alpha value is 2.12. The normalized spacial score (nSPS) is 14.2. The van der Waals surface area contributed by atoms with Crippen molar-refractivity contribution in [1.82, 2.24) is 0 Å². The van der Waals surface area contributed by atoms with E-state index >= 15 is 0 Å². The van der Waals surface area contributed by atoms with Gasteiger partial charge in [-0.3, -0.25) is 0 Å². The average Bonchev–Trinajstić information content (AvgIpc) is 2.06. The van der Waals surface area contributed by atoms with E-state index in [1.54, 1.807) is 0 Å². The summed E-state index contributed by atoms with van der Waals surface area (Å²) in [5.41, 5.74) is 0. The summed E-state index contributed by atoms with van der Waals surface area (Å²) in [6, 6.07) is 0. The van der Waals surface area contributed by atoms with Gasteiger partial charge in [-0.25, -0.2) is 8.42 Å². The summed E-state index contributed by atoms with van der Waals surface area (Å²) in [5.74, 6) is -0.0222. The molecule has 0 fully saturated rings.